The summed E-state index contributed by atoms with van der Waals surface area (Å²) in [6.45, 7) is 0. The van der Waals surface area contributed by atoms with Crippen molar-refractivity contribution in [3.63, 3.8) is 0 Å². The molecule has 0 aliphatic rings. The third-order valence-electron chi connectivity index (χ3n) is 1.19. The summed E-state index contributed by atoms with van der Waals surface area (Å²) in [7, 11) is 1.67. The maximum atomic E-state index is 10.1. The number of nitrogens with zero attached hydrogens (tertiary/aromatic N) is 2. The molecule has 6 nitrogen and oxygen atoms in total. The predicted octanol–water partition coefficient (Wildman–Crippen LogP) is -0.531. The molecule has 0 saturated carbocycles. The minimum atomic E-state index is 0. The van der Waals surface area contributed by atoms with Gasteiger partial charge in [-0.1, -0.05) is 0 Å². The van der Waals surface area contributed by atoms with Gasteiger partial charge in [0.05, 0.1) is 0 Å². The van der Waals surface area contributed by atoms with Crippen molar-refractivity contribution in [2.24, 2.45) is 0 Å². The molecular formula is C6H8N5ORf-. The van der Waals surface area contributed by atoms with Crippen LogP contribution in [0.5, 0.6) is 0 Å². The SMILES string of the molecule is CNc1[c-]nc(N)nc1NC=O.[Rf]. The van der Waals surface area contributed by atoms with E-state index in [2.05, 4.69) is 26.8 Å². The van der Waals surface area contributed by atoms with Crippen molar-refractivity contribution in [3.05, 3.63) is 6.20 Å². The van der Waals surface area contributed by atoms with Crippen molar-refractivity contribution in [1.29, 1.82) is 0 Å². The van der Waals surface area contributed by atoms with E-state index in [4.69, 9.17) is 5.73 Å². The molecule has 0 radical (unpaired) electrons. The van der Waals surface area contributed by atoms with E-state index in [-0.39, 0.29) is 5.95 Å². The number of nitrogens with one attached hydrogen (secondary N) is 2. The second-order valence-electron chi connectivity index (χ2n) is 1.93. The van der Waals surface area contributed by atoms with Gasteiger partial charge in [0.25, 0.3) is 0 Å². The molecule has 0 aliphatic carbocycles. The standard InChI is InChI=1S/C6H8N5O.Rf/c1-8-4-2-9-6(7)11-5(4)10-3-12;/h3,8H,1H3,(H3,7,9,10,11,12);/q-1;. The Kier molecular flexibility index (Phi) is 3.21. The Morgan fingerprint density at radius 2 is 2.31 bits per heavy atom. The number of anilines is 3. The van der Waals surface area contributed by atoms with Crippen molar-refractivity contribution < 1.29 is 4.79 Å². The first-order chi connectivity index (χ1) is 5.77. The maximum absolute atomic E-state index is 10.1. The Hall–Kier alpha value is -2.85. The number of carbonyl (C=O) groups is 1. The summed E-state index contributed by atoms with van der Waals surface area (Å²) in [5, 5.41) is 5.11. The monoisotopic (exact) mass is 433 g/mol. The van der Waals surface area contributed by atoms with Crippen molar-refractivity contribution in [2.45, 2.75) is 0 Å². The third-order valence-corrected chi connectivity index (χ3v) is 1.19. The molecule has 0 aromatic carbocycles. The molecule has 7 heteroatoms. The minimum absolute atomic E-state index is 0. The zero-order valence-corrected chi connectivity index (χ0v) is 13.6. The van der Waals surface area contributed by atoms with Crippen LogP contribution < -0.4 is 16.4 Å². The molecule has 13 heavy (non-hydrogen) atoms. The van der Waals surface area contributed by atoms with Gasteiger partial charge in [-0.05, 0) is 11.9 Å². The summed E-state index contributed by atoms with van der Waals surface area (Å²) in [4.78, 5) is 17.5. The number of hydrogen-bond acceptors (Lipinski definition) is 5. The molecule has 1 rings (SSSR count). The molecule has 0 bridgehead atoms. The van der Waals surface area contributed by atoms with E-state index in [0.29, 0.717) is 17.9 Å². The van der Waals surface area contributed by atoms with Gasteiger partial charge in [-0.2, -0.15) is 0 Å². The summed E-state index contributed by atoms with van der Waals surface area (Å²) in [5.41, 5.74) is 5.77. The summed E-state index contributed by atoms with van der Waals surface area (Å²) in [6, 6.07) is 0. The van der Waals surface area contributed by atoms with Crippen LogP contribution in [0.4, 0.5) is 17.5 Å². The van der Waals surface area contributed by atoms with Crippen LogP contribution in [0.1, 0.15) is 0 Å². The second kappa shape index (κ2) is 4.12. The minimum Gasteiger partial charge on any atom is -0.420 e. The first-order valence-corrected chi connectivity index (χ1v) is 3.21. The number of nitrogen functional groups attached to an aromatic ring is 1. The largest absolute Gasteiger partial charge is 0.420 e. The topological polar surface area (TPSA) is 92.9 Å². The molecule has 0 spiro atoms. The molecular weight excluding hydrogens is 425 g/mol. The number of aromatic nitrogens is 2. The van der Waals surface area contributed by atoms with E-state index in [1.165, 1.54) is 0 Å². The Morgan fingerprint density at radius 3 is 2.85 bits per heavy atom. The first-order valence-electron chi connectivity index (χ1n) is 3.21. The molecule has 4 N–H and O–H groups in total. The molecule has 0 aliphatic heterocycles. The predicted molar refractivity (Wildman–Crippen MR) is 44.5 cm³/mol. The Bertz CT molecular complexity index is 292. The molecule has 66 valence electrons. The fourth-order valence-corrected chi connectivity index (χ4v) is 0.696. The second-order valence-corrected chi connectivity index (χ2v) is 1.93. The van der Waals surface area contributed by atoms with Crippen LogP contribution in [0.2, 0.25) is 0 Å². The van der Waals surface area contributed by atoms with Crippen LogP contribution in [0, 0.1) is 6.20 Å². The van der Waals surface area contributed by atoms with Gasteiger partial charge >= 0.3 is 0 Å². The number of carbonyl (C=O) groups excluding carboxylic acids is 1. The van der Waals surface area contributed by atoms with Crippen molar-refractivity contribution >= 4 is 23.9 Å². The average Bonchev–Trinajstić information content (AvgIpc) is 2.05. The molecule has 1 aromatic rings. The number of hydrogen-bond donors (Lipinski definition) is 3. The normalized spacial score (nSPS) is 8.38. The maximum Gasteiger partial charge on any atom is 0.201 e. The number of amides is 1. The Morgan fingerprint density at radius 1 is 1.62 bits per heavy atom. The van der Waals surface area contributed by atoms with Gasteiger partial charge in [-0.25, -0.2) is 0 Å². The van der Waals surface area contributed by atoms with Gasteiger partial charge in [0.2, 0.25) is 6.41 Å². The zero-order valence-electron chi connectivity index (χ0n) is 7.16. The summed E-state index contributed by atoms with van der Waals surface area (Å²) >= 11 is 0. The third kappa shape index (κ3) is 2.04. The Labute approximate surface area is 69.2 Å². The van der Waals surface area contributed by atoms with E-state index in [9.17, 15) is 4.79 Å². The molecule has 0 unspecified atom stereocenters. The van der Waals surface area contributed by atoms with E-state index in [1.54, 1.807) is 7.05 Å². The fraction of sp³-hybridized carbons (Fsp3) is 0.167. The van der Waals surface area contributed by atoms with Crippen LogP contribution in [-0.2, 0) is 4.79 Å². The van der Waals surface area contributed by atoms with E-state index < -0.39 is 0 Å². The summed E-state index contributed by atoms with van der Waals surface area (Å²) in [6.07, 6.45) is 3.08. The molecule has 1 aromatic heterocycles. The summed E-state index contributed by atoms with van der Waals surface area (Å²) in [5.74, 6) is 0.387. The van der Waals surface area contributed by atoms with Crippen LogP contribution in [0.3, 0.4) is 0 Å². The number of rotatable bonds is 3. The van der Waals surface area contributed by atoms with Gasteiger partial charge in [-0.15, -0.1) is 0 Å². The number of nitrogens with two attached hydrogens (primary N) is 1. The smallest absolute Gasteiger partial charge is 0.201 e. The van der Waals surface area contributed by atoms with Crippen molar-refractivity contribution in [1.82, 2.24) is 9.97 Å². The molecule has 1 amide bonds. The van der Waals surface area contributed by atoms with Crippen molar-refractivity contribution in [3.8, 4) is 0 Å². The van der Waals surface area contributed by atoms with Crippen molar-refractivity contribution in [2.75, 3.05) is 23.4 Å². The Balaban J connectivity index is 0.00000144. The van der Waals surface area contributed by atoms with Crippen LogP contribution in [0.25, 0.3) is 0 Å². The summed E-state index contributed by atoms with van der Waals surface area (Å²) < 4.78 is 0. The van der Waals surface area contributed by atoms with Gasteiger partial charge in [0.15, 0.2) is 0 Å². The molecule has 0 fully saturated rings. The van der Waals surface area contributed by atoms with Gasteiger partial charge < -0.3 is 26.3 Å². The van der Waals surface area contributed by atoms with E-state index >= 15 is 0 Å². The van der Waals surface area contributed by atoms with Gasteiger partial charge in [0.1, 0.15) is 5.95 Å². The van der Waals surface area contributed by atoms with Crippen LogP contribution in [0.15, 0.2) is 0 Å². The molecule has 1 heterocycles. The van der Waals surface area contributed by atoms with E-state index in [0.717, 1.165) is 0 Å². The molecule has 0 atom stereocenters. The quantitative estimate of drug-likeness (QED) is 0.441. The fourth-order valence-electron chi connectivity index (χ4n) is 0.696. The first kappa shape index (κ1) is 10.2. The zero-order chi connectivity index (χ0) is 8.97. The average molecular weight is 433 g/mol. The van der Waals surface area contributed by atoms with E-state index in [1.807, 2.05) is 0 Å². The molecule has 0 saturated heterocycles. The van der Waals surface area contributed by atoms with Crippen LogP contribution >= 0.6 is 0 Å². The van der Waals surface area contributed by atoms with Gasteiger partial charge in [0, 0.05) is 12.9 Å². The van der Waals surface area contributed by atoms with Gasteiger partial charge in [-0.3, -0.25) is 4.79 Å². The van der Waals surface area contributed by atoms with Crippen LogP contribution in [-0.4, -0.2) is 23.4 Å².